The van der Waals surface area contributed by atoms with E-state index in [0.717, 1.165) is 0 Å². The van der Waals surface area contributed by atoms with E-state index in [2.05, 4.69) is 41.9 Å². The van der Waals surface area contributed by atoms with Crippen molar-refractivity contribution >= 4 is 5.97 Å². The summed E-state index contributed by atoms with van der Waals surface area (Å²) in [4.78, 5) is 12.3. The van der Waals surface area contributed by atoms with Crippen molar-refractivity contribution in [3.8, 4) is 45.6 Å². The van der Waals surface area contributed by atoms with Crippen LogP contribution in [0.5, 0.6) is 34.5 Å². The van der Waals surface area contributed by atoms with Crippen molar-refractivity contribution in [3.63, 3.8) is 0 Å². The van der Waals surface area contributed by atoms with E-state index < -0.39 is 180 Å². The Labute approximate surface area is 400 Å². The van der Waals surface area contributed by atoms with Crippen LogP contribution in [0.25, 0.3) is 11.1 Å². The largest absolute Gasteiger partial charge is 0.545 e. The van der Waals surface area contributed by atoms with Crippen LogP contribution in [0.2, 0.25) is 0 Å². The molecule has 0 spiro atoms. The van der Waals surface area contributed by atoms with Gasteiger partial charge in [-0.3, -0.25) is 0 Å². The van der Waals surface area contributed by atoms with Crippen LogP contribution < -0.4 is 19.3 Å². The highest BCUT2D eigenvalue weighted by Gasteiger charge is 2.39. The Bertz CT molecular complexity index is 2740. The van der Waals surface area contributed by atoms with Gasteiger partial charge >= 0.3 is 0 Å². The highest BCUT2D eigenvalue weighted by Crippen LogP contribution is 2.54. The predicted molar refractivity (Wildman–Crippen MR) is 214 cm³/mol. The number of halogens is 20. The summed E-state index contributed by atoms with van der Waals surface area (Å²) in [5.41, 5.74) is -7.70. The molecule has 0 aliphatic carbocycles. The molecule has 0 heterocycles. The maximum Gasteiger partial charge on any atom is 0.213 e. The Morgan fingerprint density at radius 2 is 0.603 bits per heavy atom. The highest BCUT2D eigenvalue weighted by molar-refractivity contribution is 5.99. The lowest BCUT2D eigenvalue weighted by molar-refractivity contribution is -0.929. The van der Waals surface area contributed by atoms with Gasteiger partial charge in [0.25, 0.3) is 0 Å². The van der Waals surface area contributed by atoms with Crippen LogP contribution in [0, 0.1) is 116 Å². The minimum atomic E-state index is -3.17. The van der Waals surface area contributed by atoms with Crippen molar-refractivity contribution in [2.24, 2.45) is 0 Å². The Morgan fingerprint density at radius 3 is 0.877 bits per heavy atom. The summed E-state index contributed by atoms with van der Waals surface area (Å²) in [5, 5.41) is 12.3. The number of ether oxygens (including phenoxy) is 3. The molecule has 400 valence electrons. The SMILES string of the molecule is CCCC[N+](CCCC)(CCCC)CCCC.O=C([O-])c1cc(Oc2c(F)c(F)c(F)c(F)c2F)c(Oc2c(F)c(F)c(F)c(F)c2F)c(Oc2c(F)c(F)c(F)c(F)c2F)c1-c1c(F)c(F)c(F)c(F)c1F. The quantitative estimate of drug-likeness (QED) is 0.0336. The first-order valence-corrected chi connectivity index (χ1v) is 21.6. The minimum Gasteiger partial charge on any atom is -0.545 e. The maximum atomic E-state index is 15.2. The average Bonchev–Trinajstić information content (AvgIpc) is 3.37. The first kappa shape index (κ1) is 59.1. The normalized spacial score (nSPS) is 11.5. The third kappa shape index (κ3) is 11.8. The van der Waals surface area contributed by atoms with Crippen molar-refractivity contribution in [1.29, 1.82) is 0 Å². The number of rotatable bonds is 20. The Kier molecular flexibility index (Phi) is 19.8. The third-order valence-electron chi connectivity index (χ3n) is 11.0. The summed E-state index contributed by atoms with van der Waals surface area (Å²) >= 11 is 0. The van der Waals surface area contributed by atoms with Gasteiger partial charge in [-0.1, -0.05) is 53.4 Å². The van der Waals surface area contributed by atoms with E-state index in [1.807, 2.05) is 0 Å². The zero-order valence-corrected chi connectivity index (χ0v) is 38.1. The second-order valence-electron chi connectivity index (χ2n) is 15.8. The van der Waals surface area contributed by atoms with Crippen molar-refractivity contribution in [2.75, 3.05) is 26.2 Å². The van der Waals surface area contributed by atoms with E-state index in [9.17, 15) is 88.9 Å². The maximum absolute atomic E-state index is 15.2. The van der Waals surface area contributed by atoms with Crippen LogP contribution in [0.15, 0.2) is 6.07 Å². The molecule has 73 heavy (non-hydrogen) atoms. The third-order valence-corrected chi connectivity index (χ3v) is 11.0. The molecule has 0 saturated heterocycles. The Morgan fingerprint density at radius 1 is 0.356 bits per heavy atom. The number of carbonyl (C=O) groups excluding carboxylic acids is 1. The first-order valence-electron chi connectivity index (χ1n) is 21.6. The van der Waals surface area contributed by atoms with E-state index in [0.29, 0.717) is 0 Å². The van der Waals surface area contributed by atoms with Crippen LogP contribution in [-0.4, -0.2) is 36.6 Å². The lowest BCUT2D eigenvalue weighted by Gasteiger charge is -2.39. The highest BCUT2D eigenvalue weighted by atomic mass is 19.2. The second kappa shape index (κ2) is 24.5. The van der Waals surface area contributed by atoms with Gasteiger partial charge in [-0.15, -0.1) is 0 Å². The molecule has 26 heteroatoms. The number of carbonyl (C=O) groups is 1. The molecular weight excluding hydrogens is 1040 g/mol. The molecule has 0 aliphatic rings. The number of hydrogen-bond acceptors (Lipinski definition) is 5. The number of quaternary nitrogens is 1. The molecule has 0 bridgehead atoms. The summed E-state index contributed by atoms with van der Waals surface area (Å²) < 4.78 is 303. The van der Waals surface area contributed by atoms with Gasteiger partial charge in [0.1, 0.15) is 0 Å². The van der Waals surface area contributed by atoms with Crippen molar-refractivity contribution in [1.82, 2.24) is 0 Å². The van der Waals surface area contributed by atoms with E-state index in [1.54, 1.807) is 0 Å². The van der Waals surface area contributed by atoms with Crippen molar-refractivity contribution in [3.05, 3.63) is 128 Å². The van der Waals surface area contributed by atoms with Crippen molar-refractivity contribution < 1.29 is 116 Å². The number of aromatic carboxylic acids is 1. The van der Waals surface area contributed by atoms with Crippen molar-refractivity contribution in [2.45, 2.75) is 79.1 Å². The number of nitrogens with zero attached hydrogens (tertiary/aromatic N) is 1. The molecule has 5 aromatic carbocycles. The molecule has 0 aromatic heterocycles. The Hall–Kier alpha value is -6.47. The summed E-state index contributed by atoms with van der Waals surface area (Å²) in [7, 11) is 0. The molecule has 0 aliphatic heterocycles. The monoisotopic (exact) mass is 1080 g/mol. The summed E-state index contributed by atoms with van der Waals surface area (Å²) in [6.45, 7) is 15.0. The fraction of sp³-hybridized carbons (Fsp3) is 0.340. The summed E-state index contributed by atoms with van der Waals surface area (Å²) in [5.74, 6) is -81.2. The molecule has 0 saturated carbocycles. The van der Waals surface area contributed by atoms with E-state index in [-0.39, 0.29) is 0 Å². The average molecular weight is 1080 g/mol. The number of carboxylic acid groups (broad SMARTS) is 1. The van der Waals surface area contributed by atoms with Gasteiger partial charge in [0.05, 0.1) is 37.7 Å². The number of benzene rings is 5. The standard InChI is InChI=1S/C31H2F20O5.C16H36N/c32-6-5(7(33)9(35)10(36)8(6)34)4-2(31(52)53)1-3(54-28-20(46)14(40)11(37)15(41)21(28)47)26(55-29-22(48)16(42)12(38)17(43)23(29)49)27(4)56-30-24(50)18(44)13(39)19(45)25(30)51;1-5-9-13-17(14-10-6-2,15-11-7-3)16-12-8-4/h1H,(H,52,53);5-16H2,1-4H3/q;+1/p-1. The second-order valence-corrected chi connectivity index (χ2v) is 15.8. The summed E-state index contributed by atoms with van der Waals surface area (Å²) in [6, 6.07) is -0.659. The number of unbranched alkanes of at least 4 members (excludes halogenated alkanes) is 4. The fourth-order valence-electron chi connectivity index (χ4n) is 7.10. The fourth-order valence-corrected chi connectivity index (χ4v) is 7.10. The molecule has 0 atom stereocenters. The lowest BCUT2D eigenvalue weighted by Crippen LogP contribution is -2.50. The lowest BCUT2D eigenvalue weighted by atomic mass is 9.95. The van der Waals surface area contributed by atoms with E-state index in [1.165, 1.54) is 82.0 Å². The van der Waals surface area contributed by atoms with Crippen LogP contribution in [-0.2, 0) is 0 Å². The van der Waals surface area contributed by atoms with Crippen LogP contribution in [0.3, 0.4) is 0 Å². The zero-order chi connectivity index (χ0) is 55.1. The molecule has 0 amide bonds. The molecule has 0 radical (unpaired) electrons. The molecule has 5 rings (SSSR count). The van der Waals surface area contributed by atoms with Gasteiger partial charge in [0.15, 0.2) is 34.8 Å². The van der Waals surface area contributed by atoms with E-state index in [4.69, 9.17) is 0 Å². The minimum absolute atomic E-state index is 0.659. The zero-order valence-electron chi connectivity index (χ0n) is 38.1. The molecule has 0 fully saturated rings. The molecule has 6 nitrogen and oxygen atoms in total. The first-order chi connectivity index (χ1) is 34.2. The molecular formula is C47H37F20NO5. The van der Waals surface area contributed by atoms with Gasteiger partial charge in [-0.25, -0.2) is 61.5 Å². The van der Waals surface area contributed by atoms with Gasteiger partial charge in [0.2, 0.25) is 116 Å². The topological polar surface area (TPSA) is 67.8 Å². The molecule has 0 N–H and O–H groups in total. The van der Waals surface area contributed by atoms with Gasteiger partial charge < -0.3 is 28.6 Å². The number of carboxylic acids is 1. The summed E-state index contributed by atoms with van der Waals surface area (Å²) in [6.07, 6.45) is 11.1. The predicted octanol–water partition coefficient (Wildman–Crippen LogP) is 14.9. The smallest absolute Gasteiger partial charge is 0.213 e. The van der Waals surface area contributed by atoms with E-state index >= 15 is 8.78 Å². The van der Waals surface area contributed by atoms with Gasteiger partial charge in [-0.2, -0.15) is 26.3 Å². The van der Waals surface area contributed by atoms with Crippen LogP contribution in [0.1, 0.15) is 89.4 Å². The van der Waals surface area contributed by atoms with Gasteiger partial charge in [-0.05, 0) is 31.7 Å². The molecule has 0 unspecified atom stereocenters. The van der Waals surface area contributed by atoms with Crippen LogP contribution in [0.4, 0.5) is 87.8 Å². The molecule has 5 aromatic rings. The Balaban J connectivity index is 0.000000580. The number of hydrogen-bond donors (Lipinski definition) is 0. The van der Waals surface area contributed by atoms with Gasteiger partial charge in [0, 0.05) is 11.1 Å². The van der Waals surface area contributed by atoms with Crippen LogP contribution >= 0.6 is 0 Å².